The lowest BCUT2D eigenvalue weighted by Crippen LogP contribution is -2.32. The lowest BCUT2D eigenvalue weighted by atomic mass is 9.76. The van der Waals surface area contributed by atoms with Crippen LogP contribution in [0.4, 0.5) is 0 Å². The molecule has 1 heterocycles. The van der Waals surface area contributed by atoms with Crippen molar-refractivity contribution in [3.8, 4) is 5.75 Å². The molecule has 2 N–H and O–H groups in total. The first-order valence-electron chi connectivity index (χ1n) is 9.97. The number of benzene rings is 2. The van der Waals surface area contributed by atoms with Crippen molar-refractivity contribution in [2.24, 2.45) is 5.92 Å². The molecular weight excluding hydrogens is 347 g/mol. The van der Waals surface area contributed by atoms with E-state index in [0.29, 0.717) is 18.0 Å². The predicted molar refractivity (Wildman–Crippen MR) is 118 cm³/mol. The summed E-state index contributed by atoms with van der Waals surface area (Å²) in [7, 11) is -0.737. The largest absolute Gasteiger partial charge is 0.507 e. The summed E-state index contributed by atoms with van der Waals surface area (Å²) in [5.74, 6) is 0.657. The van der Waals surface area contributed by atoms with Gasteiger partial charge in [0.1, 0.15) is 5.75 Å². The van der Waals surface area contributed by atoms with Crippen molar-refractivity contribution in [2.75, 3.05) is 0 Å². The molecule has 0 amide bonds. The fourth-order valence-corrected chi connectivity index (χ4v) is 3.70. The highest BCUT2D eigenvalue weighted by Crippen LogP contribution is 2.32. The number of phenolic OH excluding ortho intramolecular Hbond substituents is 1. The second-order valence-corrected chi connectivity index (χ2v) is 7.90. The van der Waals surface area contributed by atoms with Gasteiger partial charge >= 0.3 is 7.12 Å². The van der Waals surface area contributed by atoms with Crippen LogP contribution in [0, 0.1) is 5.92 Å². The fourth-order valence-electron chi connectivity index (χ4n) is 3.70. The maximum absolute atomic E-state index is 10.1. The smallest absolute Gasteiger partial charge is 0.458 e. The third-order valence-electron chi connectivity index (χ3n) is 5.41. The minimum atomic E-state index is -0.737. The quantitative estimate of drug-likeness (QED) is 0.632. The van der Waals surface area contributed by atoms with Gasteiger partial charge in [-0.05, 0) is 53.8 Å². The van der Waals surface area contributed by atoms with E-state index in [-0.39, 0.29) is 6.10 Å². The Hall–Kier alpha value is -2.30. The second kappa shape index (κ2) is 8.81. The summed E-state index contributed by atoms with van der Waals surface area (Å²) in [6, 6.07) is 11.6. The van der Waals surface area contributed by atoms with E-state index in [0.717, 1.165) is 40.3 Å². The number of phenols is 1. The number of fused-ring (bicyclic) bond motifs is 1. The van der Waals surface area contributed by atoms with Crippen LogP contribution in [0.1, 0.15) is 39.2 Å². The molecule has 0 bridgehead atoms. The molecule has 1 unspecified atom stereocenters. The topological polar surface area (TPSA) is 49.7 Å². The van der Waals surface area contributed by atoms with Gasteiger partial charge in [-0.3, -0.25) is 0 Å². The summed E-state index contributed by atoms with van der Waals surface area (Å²) in [5, 5.41) is 21.9. The Morgan fingerprint density at radius 3 is 2.68 bits per heavy atom. The fraction of sp³-hybridized carbons (Fsp3) is 0.333. The first-order valence-corrected chi connectivity index (χ1v) is 9.97. The van der Waals surface area contributed by atoms with Crippen molar-refractivity contribution in [1.29, 1.82) is 0 Å². The van der Waals surface area contributed by atoms with Gasteiger partial charge in [0.15, 0.2) is 0 Å². The number of aromatic hydroxyl groups is 1. The molecule has 28 heavy (non-hydrogen) atoms. The maximum atomic E-state index is 10.1. The zero-order valence-corrected chi connectivity index (χ0v) is 17.0. The number of hydrogen-bond acceptors (Lipinski definition) is 3. The van der Waals surface area contributed by atoms with Crippen LogP contribution in [0.2, 0.25) is 6.32 Å². The van der Waals surface area contributed by atoms with Gasteiger partial charge in [0.25, 0.3) is 0 Å². The number of allylic oxidation sites excluding steroid dienone is 2. The Bertz CT molecular complexity index is 927. The summed E-state index contributed by atoms with van der Waals surface area (Å²) in [4.78, 5) is 0. The molecule has 1 aliphatic heterocycles. The Labute approximate surface area is 168 Å². The molecule has 1 aliphatic rings. The minimum Gasteiger partial charge on any atom is -0.507 e. The summed E-state index contributed by atoms with van der Waals surface area (Å²) in [6.45, 7) is 10.6. The molecule has 1 atom stereocenters. The lowest BCUT2D eigenvalue weighted by Gasteiger charge is -2.29. The van der Waals surface area contributed by atoms with E-state index < -0.39 is 7.12 Å². The molecule has 0 saturated heterocycles. The van der Waals surface area contributed by atoms with E-state index in [1.165, 1.54) is 5.57 Å². The zero-order chi connectivity index (χ0) is 20.3. The first kappa shape index (κ1) is 20.4. The van der Waals surface area contributed by atoms with Crippen LogP contribution >= 0.6 is 0 Å². The second-order valence-electron chi connectivity index (χ2n) is 7.90. The van der Waals surface area contributed by atoms with Gasteiger partial charge in [-0.1, -0.05) is 68.5 Å². The Balaban J connectivity index is 1.77. The van der Waals surface area contributed by atoms with Crippen LogP contribution in [-0.4, -0.2) is 23.4 Å². The molecule has 3 nitrogen and oxygen atoms in total. The summed E-state index contributed by atoms with van der Waals surface area (Å²) >= 11 is 0. The summed E-state index contributed by atoms with van der Waals surface area (Å²) in [5.41, 5.74) is 4.54. The van der Waals surface area contributed by atoms with E-state index in [4.69, 9.17) is 4.65 Å². The van der Waals surface area contributed by atoms with Gasteiger partial charge < -0.3 is 14.8 Å². The first-order chi connectivity index (χ1) is 13.4. The molecule has 0 radical (unpaired) electrons. The van der Waals surface area contributed by atoms with Gasteiger partial charge in [-0.15, -0.1) is 0 Å². The SMILES string of the molecule is C=C(C1=CCB(O)OC1CC/C(C)=C/c1ccc(O)c2ccccc12)C(C)C. The van der Waals surface area contributed by atoms with Crippen molar-refractivity contribution in [2.45, 2.75) is 46.0 Å². The highest BCUT2D eigenvalue weighted by Gasteiger charge is 2.28. The molecule has 0 aliphatic carbocycles. The summed E-state index contributed by atoms with van der Waals surface area (Å²) < 4.78 is 5.82. The highest BCUT2D eigenvalue weighted by atomic mass is 16.5. The Morgan fingerprint density at radius 2 is 1.96 bits per heavy atom. The average Bonchev–Trinajstić information content (AvgIpc) is 2.68. The summed E-state index contributed by atoms with van der Waals surface area (Å²) in [6.07, 6.45) is 6.29. The molecule has 2 aromatic rings. The number of hydrogen-bond donors (Lipinski definition) is 2. The molecule has 3 rings (SSSR count). The Kier molecular flexibility index (Phi) is 6.43. The van der Waals surface area contributed by atoms with E-state index in [1.54, 1.807) is 6.07 Å². The molecule has 4 heteroatoms. The van der Waals surface area contributed by atoms with Gasteiger partial charge in [0.05, 0.1) is 6.10 Å². The van der Waals surface area contributed by atoms with Crippen LogP contribution in [0.25, 0.3) is 16.8 Å². The molecule has 0 saturated carbocycles. The normalized spacial score (nSPS) is 17.9. The van der Waals surface area contributed by atoms with Crippen LogP contribution < -0.4 is 0 Å². The standard InChI is InChI=1S/C24H29BO3/c1-16(2)18(4)20-13-14-25(27)28-24(20)12-9-17(3)15-19-10-11-23(26)22-8-6-5-7-21(19)22/h5-8,10-11,13,15-16,24,26-27H,4,9,12,14H2,1-3H3/b17-15+. The van der Waals surface area contributed by atoms with E-state index >= 15 is 0 Å². The van der Waals surface area contributed by atoms with Gasteiger partial charge in [-0.25, -0.2) is 0 Å². The maximum Gasteiger partial charge on any atom is 0.458 e. The van der Waals surface area contributed by atoms with Crippen LogP contribution in [0.3, 0.4) is 0 Å². The van der Waals surface area contributed by atoms with Crippen molar-refractivity contribution in [3.63, 3.8) is 0 Å². The van der Waals surface area contributed by atoms with E-state index in [1.807, 2.05) is 30.3 Å². The van der Waals surface area contributed by atoms with Gasteiger partial charge in [-0.2, -0.15) is 0 Å². The van der Waals surface area contributed by atoms with E-state index in [9.17, 15) is 10.1 Å². The molecule has 2 aromatic carbocycles. The molecule has 0 spiro atoms. The van der Waals surface area contributed by atoms with Crippen molar-refractivity contribution in [3.05, 3.63) is 71.3 Å². The molecular formula is C24H29BO3. The third kappa shape index (κ3) is 4.57. The van der Waals surface area contributed by atoms with Gasteiger partial charge in [0.2, 0.25) is 0 Å². The monoisotopic (exact) mass is 376 g/mol. The van der Waals surface area contributed by atoms with Gasteiger partial charge in [0, 0.05) is 11.7 Å². The van der Waals surface area contributed by atoms with E-state index in [2.05, 4.69) is 39.5 Å². The zero-order valence-electron chi connectivity index (χ0n) is 17.0. The molecule has 0 aromatic heterocycles. The minimum absolute atomic E-state index is 0.126. The number of rotatable bonds is 6. The average molecular weight is 376 g/mol. The molecule has 0 fully saturated rings. The highest BCUT2D eigenvalue weighted by molar-refractivity contribution is 6.43. The predicted octanol–water partition coefficient (Wildman–Crippen LogP) is 5.75. The van der Waals surface area contributed by atoms with Crippen molar-refractivity contribution < 1.29 is 14.8 Å². The van der Waals surface area contributed by atoms with Crippen LogP contribution in [0.15, 0.2) is 65.8 Å². The van der Waals surface area contributed by atoms with Crippen molar-refractivity contribution in [1.82, 2.24) is 0 Å². The van der Waals surface area contributed by atoms with Crippen molar-refractivity contribution >= 4 is 24.0 Å². The Morgan fingerprint density at radius 1 is 1.25 bits per heavy atom. The van der Waals surface area contributed by atoms with Crippen LogP contribution in [-0.2, 0) is 4.65 Å². The lowest BCUT2D eigenvalue weighted by molar-refractivity contribution is 0.182. The molecule has 146 valence electrons. The third-order valence-corrected chi connectivity index (χ3v) is 5.41. The van der Waals surface area contributed by atoms with Crippen LogP contribution in [0.5, 0.6) is 5.75 Å².